The van der Waals surface area contributed by atoms with Gasteiger partial charge in [0.1, 0.15) is 0 Å². The van der Waals surface area contributed by atoms with Gasteiger partial charge in [0.05, 0.1) is 5.41 Å². The highest BCUT2D eigenvalue weighted by Crippen LogP contribution is 2.44. The molecule has 2 nitrogen and oxygen atoms in total. The Hall–Kier alpha value is -3.13. The average Bonchev–Trinajstić information content (AvgIpc) is 2.86. The van der Waals surface area contributed by atoms with Crippen LogP contribution in [0.15, 0.2) is 103 Å². The SMILES string of the molecule is C=C(C(=O)NCCCCCCCC)C(c1ccccc1)(c1ccccc1)c1ccccc1. The van der Waals surface area contributed by atoms with Gasteiger partial charge in [-0.15, -0.1) is 0 Å². The molecule has 2 heteroatoms. The number of unbranched alkanes of at least 4 members (excludes halogenated alkanes) is 5. The summed E-state index contributed by atoms with van der Waals surface area (Å²) in [5.41, 5.74) is 2.91. The molecule has 166 valence electrons. The average molecular weight is 426 g/mol. The van der Waals surface area contributed by atoms with Crippen LogP contribution in [-0.4, -0.2) is 12.5 Å². The van der Waals surface area contributed by atoms with Crippen LogP contribution in [0.3, 0.4) is 0 Å². The number of hydrogen-bond donors (Lipinski definition) is 1. The Labute approximate surface area is 193 Å². The highest BCUT2D eigenvalue weighted by atomic mass is 16.1. The fraction of sp³-hybridized carbons (Fsp3) is 0.300. The molecule has 32 heavy (non-hydrogen) atoms. The summed E-state index contributed by atoms with van der Waals surface area (Å²) in [6.45, 7) is 7.29. The Balaban J connectivity index is 1.92. The van der Waals surface area contributed by atoms with Crippen LogP contribution in [0, 0.1) is 0 Å². The van der Waals surface area contributed by atoms with E-state index in [0.29, 0.717) is 12.1 Å². The zero-order chi connectivity index (χ0) is 22.7. The van der Waals surface area contributed by atoms with Crippen molar-refractivity contribution in [1.29, 1.82) is 0 Å². The summed E-state index contributed by atoms with van der Waals surface area (Å²) in [5, 5.41) is 3.15. The molecule has 0 atom stereocenters. The van der Waals surface area contributed by atoms with Crippen LogP contribution in [-0.2, 0) is 10.2 Å². The highest BCUT2D eigenvalue weighted by molar-refractivity contribution is 5.98. The standard InChI is InChI=1S/C30H35NO/c1-3-4-5-6-7-17-24-31-29(32)25(2)30(26-18-11-8-12-19-26,27-20-13-9-14-21-27)28-22-15-10-16-23-28/h8-16,18-23H,2-7,17,24H2,1H3,(H,31,32). The van der Waals surface area contributed by atoms with Crippen molar-refractivity contribution in [3.8, 4) is 0 Å². The molecule has 0 aliphatic heterocycles. The number of nitrogens with one attached hydrogen (secondary N) is 1. The van der Waals surface area contributed by atoms with E-state index in [1.165, 1.54) is 25.7 Å². The molecule has 0 fully saturated rings. The zero-order valence-electron chi connectivity index (χ0n) is 19.2. The van der Waals surface area contributed by atoms with Crippen LogP contribution in [0.25, 0.3) is 0 Å². The second kappa shape index (κ2) is 12.0. The minimum Gasteiger partial charge on any atom is -0.352 e. The van der Waals surface area contributed by atoms with E-state index in [4.69, 9.17) is 0 Å². The maximum absolute atomic E-state index is 13.4. The molecule has 0 radical (unpaired) electrons. The van der Waals surface area contributed by atoms with Crippen molar-refractivity contribution in [3.05, 3.63) is 120 Å². The molecule has 3 aromatic carbocycles. The van der Waals surface area contributed by atoms with Gasteiger partial charge in [0.25, 0.3) is 0 Å². The summed E-state index contributed by atoms with van der Waals surface area (Å²) in [5.74, 6) is -0.0879. The first kappa shape index (κ1) is 23.5. The Morgan fingerprint density at radius 3 is 1.53 bits per heavy atom. The molecule has 0 heterocycles. The molecule has 0 unspecified atom stereocenters. The third-order valence-electron chi connectivity index (χ3n) is 6.16. The number of carbonyl (C=O) groups is 1. The Kier molecular flexibility index (Phi) is 8.86. The summed E-state index contributed by atoms with van der Waals surface area (Å²) in [6, 6.07) is 30.7. The number of benzene rings is 3. The van der Waals surface area contributed by atoms with Crippen LogP contribution in [0.2, 0.25) is 0 Å². The third-order valence-corrected chi connectivity index (χ3v) is 6.16. The predicted octanol–water partition coefficient (Wildman–Crippen LogP) is 7.05. The van der Waals surface area contributed by atoms with E-state index in [9.17, 15) is 4.79 Å². The van der Waals surface area contributed by atoms with Crippen molar-refractivity contribution < 1.29 is 4.79 Å². The first-order valence-corrected chi connectivity index (χ1v) is 11.9. The monoisotopic (exact) mass is 425 g/mol. The van der Waals surface area contributed by atoms with E-state index in [2.05, 4.69) is 55.2 Å². The summed E-state index contributed by atoms with van der Waals surface area (Å²) in [6.07, 6.45) is 7.18. The van der Waals surface area contributed by atoms with Gasteiger partial charge in [-0.25, -0.2) is 0 Å². The van der Waals surface area contributed by atoms with Crippen LogP contribution in [0.5, 0.6) is 0 Å². The second-order valence-electron chi connectivity index (χ2n) is 8.35. The van der Waals surface area contributed by atoms with E-state index in [1.807, 2.05) is 54.6 Å². The van der Waals surface area contributed by atoms with Crippen molar-refractivity contribution in [2.24, 2.45) is 0 Å². The zero-order valence-corrected chi connectivity index (χ0v) is 19.2. The first-order valence-electron chi connectivity index (χ1n) is 11.9. The molecule has 0 saturated heterocycles. The minimum absolute atomic E-state index is 0.0879. The maximum Gasteiger partial charge on any atom is 0.248 e. The molecule has 1 N–H and O–H groups in total. The minimum atomic E-state index is -0.755. The van der Waals surface area contributed by atoms with E-state index in [-0.39, 0.29) is 5.91 Å². The summed E-state index contributed by atoms with van der Waals surface area (Å²) < 4.78 is 0. The quantitative estimate of drug-likeness (QED) is 0.188. The lowest BCUT2D eigenvalue weighted by atomic mass is 9.65. The smallest absolute Gasteiger partial charge is 0.248 e. The largest absolute Gasteiger partial charge is 0.352 e. The van der Waals surface area contributed by atoms with Gasteiger partial charge in [0.2, 0.25) is 5.91 Å². The van der Waals surface area contributed by atoms with Crippen molar-refractivity contribution in [1.82, 2.24) is 5.32 Å². The number of hydrogen-bond acceptors (Lipinski definition) is 1. The van der Waals surface area contributed by atoms with E-state index in [0.717, 1.165) is 29.5 Å². The van der Waals surface area contributed by atoms with Gasteiger partial charge in [-0.2, -0.15) is 0 Å². The third kappa shape index (κ3) is 5.37. The molecule has 0 aliphatic rings. The van der Waals surface area contributed by atoms with Crippen LogP contribution < -0.4 is 5.32 Å². The lowest BCUT2D eigenvalue weighted by molar-refractivity contribution is -0.117. The highest BCUT2D eigenvalue weighted by Gasteiger charge is 2.41. The van der Waals surface area contributed by atoms with Crippen LogP contribution in [0.4, 0.5) is 0 Å². The Bertz CT molecular complexity index is 867. The van der Waals surface area contributed by atoms with Crippen molar-refractivity contribution in [2.75, 3.05) is 6.54 Å². The molecule has 3 aromatic rings. The van der Waals surface area contributed by atoms with Gasteiger partial charge in [-0.3, -0.25) is 4.79 Å². The summed E-state index contributed by atoms with van der Waals surface area (Å²) in [4.78, 5) is 13.4. The predicted molar refractivity (Wildman–Crippen MR) is 135 cm³/mol. The topological polar surface area (TPSA) is 29.1 Å². The molecule has 0 spiro atoms. The maximum atomic E-state index is 13.4. The van der Waals surface area contributed by atoms with E-state index >= 15 is 0 Å². The van der Waals surface area contributed by atoms with Gasteiger partial charge >= 0.3 is 0 Å². The van der Waals surface area contributed by atoms with Gasteiger partial charge in [0, 0.05) is 12.1 Å². The summed E-state index contributed by atoms with van der Waals surface area (Å²) >= 11 is 0. The molecule has 0 saturated carbocycles. The first-order chi connectivity index (χ1) is 15.7. The van der Waals surface area contributed by atoms with Gasteiger partial charge < -0.3 is 5.32 Å². The Morgan fingerprint density at radius 1 is 0.688 bits per heavy atom. The lowest BCUT2D eigenvalue weighted by Crippen LogP contribution is -2.39. The normalized spacial score (nSPS) is 11.2. The van der Waals surface area contributed by atoms with E-state index < -0.39 is 5.41 Å². The van der Waals surface area contributed by atoms with Crippen LogP contribution >= 0.6 is 0 Å². The van der Waals surface area contributed by atoms with E-state index in [1.54, 1.807) is 0 Å². The number of amides is 1. The number of carbonyl (C=O) groups excluding carboxylic acids is 1. The van der Waals surface area contributed by atoms with Crippen molar-refractivity contribution >= 4 is 5.91 Å². The number of rotatable bonds is 12. The van der Waals surface area contributed by atoms with Gasteiger partial charge in [-0.05, 0) is 23.1 Å². The molecule has 1 amide bonds. The fourth-order valence-electron chi connectivity index (χ4n) is 4.47. The lowest BCUT2D eigenvalue weighted by Gasteiger charge is -2.37. The molecule has 0 aliphatic carbocycles. The molecule has 3 rings (SSSR count). The molecule has 0 aromatic heterocycles. The fourth-order valence-corrected chi connectivity index (χ4v) is 4.47. The molecular weight excluding hydrogens is 390 g/mol. The van der Waals surface area contributed by atoms with Crippen molar-refractivity contribution in [3.63, 3.8) is 0 Å². The Morgan fingerprint density at radius 2 is 1.09 bits per heavy atom. The van der Waals surface area contributed by atoms with Crippen LogP contribution in [0.1, 0.15) is 62.1 Å². The van der Waals surface area contributed by atoms with Gasteiger partial charge in [-0.1, -0.05) is 137 Å². The van der Waals surface area contributed by atoms with Gasteiger partial charge in [0.15, 0.2) is 0 Å². The molecule has 0 bridgehead atoms. The second-order valence-corrected chi connectivity index (χ2v) is 8.35. The summed E-state index contributed by atoms with van der Waals surface area (Å²) in [7, 11) is 0. The van der Waals surface area contributed by atoms with Crippen molar-refractivity contribution in [2.45, 2.75) is 50.9 Å². The molecular formula is C30H35NO.